The molecule has 0 radical (unpaired) electrons. The SMILES string of the molecule is CN1Cc2cc(C(C)(C)C)cc3c2C(CCC32CC2)C1. The highest BCUT2D eigenvalue weighted by atomic mass is 15.1. The van der Waals surface area contributed by atoms with Crippen LogP contribution in [0.2, 0.25) is 0 Å². The van der Waals surface area contributed by atoms with Gasteiger partial charge in [0.2, 0.25) is 0 Å². The van der Waals surface area contributed by atoms with Crippen molar-refractivity contribution >= 4 is 0 Å². The Labute approximate surface area is 123 Å². The third-order valence-electron chi connectivity index (χ3n) is 5.91. The zero-order chi connectivity index (χ0) is 14.1. The van der Waals surface area contributed by atoms with Crippen LogP contribution in [-0.2, 0) is 17.4 Å². The molecule has 0 amide bonds. The van der Waals surface area contributed by atoms with Gasteiger partial charge in [-0.15, -0.1) is 0 Å². The summed E-state index contributed by atoms with van der Waals surface area (Å²) < 4.78 is 0. The van der Waals surface area contributed by atoms with Crippen molar-refractivity contribution < 1.29 is 0 Å². The van der Waals surface area contributed by atoms with E-state index in [2.05, 4.69) is 44.9 Å². The van der Waals surface area contributed by atoms with E-state index in [1.807, 2.05) is 0 Å². The minimum atomic E-state index is 0.268. The number of nitrogens with zero attached hydrogens (tertiary/aromatic N) is 1. The standard InChI is InChI=1S/C19H27N/c1-18(2,3)15-9-14-12-20(4)11-13-5-6-19(7-8-19)16(10-15)17(13)14/h9-10,13H,5-8,11-12H2,1-4H3. The van der Waals surface area contributed by atoms with E-state index in [9.17, 15) is 0 Å². The number of rotatable bonds is 0. The van der Waals surface area contributed by atoms with Gasteiger partial charge in [0.15, 0.2) is 0 Å². The van der Waals surface area contributed by atoms with Crippen molar-refractivity contribution in [3.8, 4) is 0 Å². The molecule has 0 saturated heterocycles. The Morgan fingerprint density at radius 1 is 1.15 bits per heavy atom. The predicted octanol–water partition coefficient (Wildman–Crippen LogP) is 4.34. The molecule has 0 N–H and O–H groups in total. The summed E-state index contributed by atoms with van der Waals surface area (Å²) >= 11 is 0. The molecule has 1 saturated carbocycles. The summed E-state index contributed by atoms with van der Waals surface area (Å²) in [6.07, 6.45) is 5.73. The van der Waals surface area contributed by atoms with Crippen molar-refractivity contribution in [1.29, 1.82) is 0 Å². The molecule has 1 aliphatic heterocycles. The van der Waals surface area contributed by atoms with Crippen LogP contribution in [0.1, 0.15) is 74.6 Å². The van der Waals surface area contributed by atoms with E-state index in [0.29, 0.717) is 5.41 Å². The number of fused-ring (bicyclic) bond motifs is 1. The van der Waals surface area contributed by atoms with Gasteiger partial charge in [0.05, 0.1) is 0 Å². The maximum atomic E-state index is 2.59. The molecule has 20 heavy (non-hydrogen) atoms. The van der Waals surface area contributed by atoms with Crippen LogP contribution >= 0.6 is 0 Å². The lowest BCUT2D eigenvalue weighted by Gasteiger charge is -2.41. The van der Waals surface area contributed by atoms with E-state index in [1.54, 1.807) is 22.3 Å². The van der Waals surface area contributed by atoms with Crippen molar-refractivity contribution in [3.63, 3.8) is 0 Å². The molecule has 1 heteroatoms. The quantitative estimate of drug-likeness (QED) is 0.677. The summed E-state index contributed by atoms with van der Waals surface area (Å²) in [6, 6.07) is 5.10. The van der Waals surface area contributed by atoms with Crippen LogP contribution < -0.4 is 0 Å². The average Bonchev–Trinajstić information content (AvgIpc) is 3.13. The van der Waals surface area contributed by atoms with Crippen LogP contribution in [0.15, 0.2) is 12.1 Å². The van der Waals surface area contributed by atoms with Crippen LogP contribution in [0, 0.1) is 0 Å². The minimum Gasteiger partial charge on any atom is -0.301 e. The lowest BCUT2D eigenvalue weighted by Crippen LogP contribution is -2.36. The van der Waals surface area contributed by atoms with E-state index in [4.69, 9.17) is 0 Å². The lowest BCUT2D eigenvalue weighted by atomic mass is 9.69. The van der Waals surface area contributed by atoms with Crippen LogP contribution in [0.4, 0.5) is 0 Å². The van der Waals surface area contributed by atoms with Crippen LogP contribution in [0.25, 0.3) is 0 Å². The molecule has 1 unspecified atom stereocenters. The second-order valence-corrected chi connectivity index (χ2v) is 8.56. The molecule has 1 spiro atoms. The molecule has 1 atom stereocenters. The summed E-state index contributed by atoms with van der Waals surface area (Å²) in [5, 5.41) is 0. The topological polar surface area (TPSA) is 3.24 Å². The molecule has 4 rings (SSSR count). The first kappa shape index (κ1) is 12.9. The highest BCUT2D eigenvalue weighted by Crippen LogP contribution is 2.59. The fourth-order valence-electron chi connectivity index (χ4n) is 4.51. The van der Waals surface area contributed by atoms with E-state index in [1.165, 1.54) is 32.2 Å². The number of hydrogen-bond acceptors (Lipinski definition) is 1. The Balaban J connectivity index is 1.93. The van der Waals surface area contributed by atoms with Crippen LogP contribution in [0.5, 0.6) is 0 Å². The summed E-state index contributed by atoms with van der Waals surface area (Å²) in [7, 11) is 2.29. The van der Waals surface area contributed by atoms with Crippen molar-refractivity contribution in [2.24, 2.45) is 0 Å². The fraction of sp³-hybridized carbons (Fsp3) is 0.684. The highest BCUT2D eigenvalue weighted by Gasteiger charge is 2.50. The Hall–Kier alpha value is -0.820. The normalized spacial score (nSPS) is 27.5. The molecule has 108 valence electrons. The summed E-state index contributed by atoms with van der Waals surface area (Å²) in [4.78, 5) is 2.52. The van der Waals surface area contributed by atoms with Gasteiger partial charge in [0.25, 0.3) is 0 Å². The lowest BCUT2D eigenvalue weighted by molar-refractivity contribution is 0.258. The highest BCUT2D eigenvalue weighted by molar-refractivity contribution is 5.52. The van der Waals surface area contributed by atoms with Gasteiger partial charge in [-0.2, -0.15) is 0 Å². The molecule has 1 aromatic carbocycles. The van der Waals surface area contributed by atoms with Crippen LogP contribution in [0.3, 0.4) is 0 Å². The maximum Gasteiger partial charge on any atom is 0.0233 e. The minimum absolute atomic E-state index is 0.268. The molecule has 1 aromatic rings. The Morgan fingerprint density at radius 2 is 1.90 bits per heavy atom. The van der Waals surface area contributed by atoms with Gasteiger partial charge in [-0.3, -0.25) is 0 Å². The molecular formula is C19H27N. The fourth-order valence-corrected chi connectivity index (χ4v) is 4.51. The number of hydrogen-bond donors (Lipinski definition) is 0. The summed E-state index contributed by atoms with van der Waals surface area (Å²) in [5.41, 5.74) is 7.57. The number of likely N-dealkylation sites (N-methyl/N-ethyl adjacent to an activating group) is 1. The molecular weight excluding hydrogens is 242 g/mol. The first-order valence-corrected chi connectivity index (χ1v) is 8.25. The largest absolute Gasteiger partial charge is 0.301 e. The first-order valence-electron chi connectivity index (χ1n) is 8.25. The summed E-state index contributed by atoms with van der Waals surface area (Å²) in [6.45, 7) is 9.49. The number of benzene rings is 1. The van der Waals surface area contributed by atoms with Gasteiger partial charge in [-0.05, 0) is 71.7 Å². The second kappa shape index (κ2) is 3.88. The molecule has 1 heterocycles. The van der Waals surface area contributed by atoms with E-state index in [0.717, 1.165) is 12.5 Å². The Morgan fingerprint density at radius 3 is 2.55 bits per heavy atom. The van der Waals surface area contributed by atoms with Crippen molar-refractivity contribution in [3.05, 3.63) is 34.4 Å². The molecule has 2 aliphatic carbocycles. The third kappa shape index (κ3) is 1.79. The van der Waals surface area contributed by atoms with Gasteiger partial charge in [0.1, 0.15) is 0 Å². The Kier molecular flexibility index (Phi) is 2.50. The molecule has 0 bridgehead atoms. The van der Waals surface area contributed by atoms with E-state index >= 15 is 0 Å². The monoisotopic (exact) mass is 269 g/mol. The van der Waals surface area contributed by atoms with Crippen molar-refractivity contribution in [1.82, 2.24) is 4.90 Å². The molecule has 3 aliphatic rings. The molecule has 1 nitrogen and oxygen atoms in total. The van der Waals surface area contributed by atoms with Gasteiger partial charge < -0.3 is 4.90 Å². The van der Waals surface area contributed by atoms with Crippen molar-refractivity contribution in [2.45, 2.75) is 69.7 Å². The zero-order valence-electron chi connectivity index (χ0n) is 13.4. The molecule has 1 fully saturated rings. The zero-order valence-corrected chi connectivity index (χ0v) is 13.4. The third-order valence-corrected chi connectivity index (χ3v) is 5.91. The average molecular weight is 269 g/mol. The second-order valence-electron chi connectivity index (χ2n) is 8.56. The van der Waals surface area contributed by atoms with E-state index < -0.39 is 0 Å². The van der Waals surface area contributed by atoms with Gasteiger partial charge in [-0.1, -0.05) is 32.9 Å². The van der Waals surface area contributed by atoms with Gasteiger partial charge in [-0.25, -0.2) is 0 Å². The maximum absolute atomic E-state index is 2.59. The molecule has 0 aromatic heterocycles. The Bertz CT molecular complexity index is 560. The predicted molar refractivity (Wildman–Crippen MR) is 84.4 cm³/mol. The first-order chi connectivity index (χ1) is 9.39. The summed E-state index contributed by atoms with van der Waals surface area (Å²) in [5.74, 6) is 0.805. The van der Waals surface area contributed by atoms with Gasteiger partial charge >= 0.3 is 0 Å². The van der Waals surface area contributed by atoms with Gasteiger partial charge in [0, 0.05) is 13.1 Å². The van der Waals surface area contributed by atoms with Crippen LogP contribution in [-0.4, -0.2) is 18.5 Å². The van der Waals surface area contributed by atoms with Crippen molar-refractivity contribution in [2.75, 3.05) is 13.6 Å². The van der Waals surface area contributed by atoms with E-state index in [-0.39, 0.29) is 5.41 Å². The smallest absolute Gasteiger partial charge is 0.0233 e.